The number of carbonyl (C=O) groups is 2. The van der Waals surface area contributed by atoms with Crippen molar-refractivity contribution in [1.29, 1.82) is 0 Å². The molecule has 0 spiro atoms. The first-order chi connectivity index (χ1) is 13.4. The Hall–Kier alpha value is -3.22. The summed E-state index contributed by atoms with van der Waals surface area (Å²) in [5.41, 5.74) is 1.09. The number of phenols is 2. The van der Waals surface area contributed by atoms with Crippen LogP contribution in [0, 0.1) is 6.92 Å². The number of nitrogens with zero attached hydrogens (tertiary/aromatic N) is 3. The molecule has 0 saturated heterocycles. The van der Waals surface area contributed by atoms with Gasteiger partial charge in [0.05, 0.1) is 0 Å². The quantitative estimate of drug-likeness (QED) is 0.703. The van der Waals surface area contributed by atoms with E-state index in [9.17, 15) is 9.59 Å². The fourth-order valence-corrected chi connectivity index (χ4v) is 1.46. The van der Waals surface area contributed by atoms with Gasteiger partial charge in [0.15, 0.2) is 0 Å². The van der Waals surface area contributed by atoms with E-state index in [4.69, 9.17) is 10.2 Å². The van der Waals surface area contributed by atoms with Crippen molar-refractivity contribution < 1.29 is 19.8 Å². The highest BCUT2D eigenvalue weighted by molar-refractivity contribution is 5.73. The lowest BCUT2D eigenvalue weighted by Crippen LogP contribution is -2.33. The van der Waals surface area contributed by atoms with E-state index in [-0.39, 0.29) is 11.9 Å². The molecule has 0 atom stereocenters. The topological polar surface area (TPSA) is 84.3 Å². The standard InChI is InChI=1S/C7H8O.C6H6O.C5H12N2O.C4H9NO/c1-6-3-2-4-7(8)5-6;7-6-4-2-1-3-5-6;1-6(2)5(8)7(3)4;1-4(6)5(2)3/h2-5,8H,1H3;1-5,7H;1-4H3;1-3H3. The van der Waals surface area contributed by atoms with Crippen LogP contribution in [0.4, 0.5) is 4.79 Å². The molecule has 0 fully saturated rings. The van der Waals surface area contributed by atoms with Crippen LogP contribution < -0.4 is 0 Å². The number of aryl methyl sites for hydroxylation is 1. The first-order valence-corrected chi connectivity index (χ1v) is 8.94. The van der Waals surface area contributed by atoms with Crippen LogP contribution in [-0.2, 0) is 4.79 Å². The molecule has 0 radical (unpaired) electrons. The van der Waals surface area contributed by atoms with Crippen molar-refractivity contribution in [2.75, 3.05) is 42.3 Å². The van der Waals surface area contributed by atoms with Gasteiger partial charge in [0.2, 0.25) is 5.91 Å². The zero-order valence-electron chi connectivity index (χ0n) is 18.7. The molecular weight excluding hydrogens is 370 g/mol. The molecule has 3 amide bonds. The molecule has 0 aromatic heterocycles. The maximum absolute atomic E-state index is 10.7. The van der Waals surface area contributed by atoms with Crippen molar-refractivity contribution >= 4 is 11.9 Å². The van der Waals surface area contributed by atoms with Crippen molar-refractivity contribution in [2.24, 2.45) is 0 Å². The molecule has 2 aromatic rings. The molecule has 0 bridgehead atoms. The van der Waals surface area contributed by atoms with Crippen LogP contribution in [0.3, 0.4) is 0 Å². The summed E-state index contributed by atoms with van der Waals surface area (Å²) >= 11 is 0. The van der Waals surface area contributed by atoms with Crippen molar-refractivity contribution in [3.63, 3.8) is 0 Å². The van der Waals surface area contributed by atoms with Gasteiger partial charge in [0.1, 0.15) is 11.5 Å². The number of hydrogen-bond donors (Lipinski definition) is 2. The van der Waals surface area contributed by atoms with Gasteiger partial charge in [0.25, 0.3) is 0 Å². The van der Waals surface area contributed by atoms with Crippen LogP contribution in [0.15, 0.2) is 54.6 Å². The fraction of sp³-hybridized carbons (Fsp3) is 0.364. The molecule has 2 rings (SSSR count). The first kappa shape index (κ1) is 28.0. The number of amides is 3. The summed E-state index contributed by atoms with van der Waals surface area (Å²) in [5.74, 6) is 0.752. The summed E-state index contributed by atoms with van der Waals surface area (Å²) in [6.45, 7) is 3.47. The minimum atomic E-state index is 0.0185. The van der Waals surface area contributed by atoms with E-state index in [2.05, 4.69) is 0 Å². The normalized spacial score (nSPS) is 8.55. The number of aromatic hydroxyl groups is 2. The molecule has 0 aliphatic carbocycles. The lowest BCUT2D eigenvalue weighted by Gasteiger charge is -2.16. The third kappa shape index (κ3) is 17.9. The Balaban J connectivity index is 0. The lowest BCUT2D eigenvalue weighted by atomic mass is 10.2. The number of benzene rings is 2. The summed E-state index contributed by atoms with van der Waals surface area (Å²) < 4.78 is 0. The largest absolute Gasteiger partial charge is 0.508 e. The van der Waals surface area contributed by atoms with Gasteiger partial charge < -0.3 is 24.9 Å². The minimum absolute atomic E-state index is 0.0185. The summed E-state index contributed by atoms with van der Waals surface area (Å²) in [6.07, 6.45) is 0. The van der Waals surface area contributed by atoms with Gasteiger partial charge in [0, 0.05) is 49.2 Å². The molecule has 0 aliphatic heterocycles. The van der Waals surface area contributed by atoms with E-state index >= 15 is 0 Å². The SMILES string of the molecule is CC(=O)N(C)C.CN(C)C(=O)N(C)C.Cc1cccc(O)c1.Oc1ccccc1. The molecular formula is C22H35N3O4. The van der Waals surface area contributed by atoms with Crippen molar-refractivity contribution in [3.8, 4) is 11.5 Å². The Kier molecular flexibility index (Phi) is 15.3. The molecule has 29 heavy (non-hydrogen) atoms. The Bertz CT molecular complexity index is 675. The molecule has 0 saturated carbocycles. The molecule has 162 valence electrons. The number of rotatable bonds is 0. The van der Waals surface area contributed by atoms with Crippen LogP contribution >= 0.6 is 0 Å². The van der Waals surface area contributed by atoms with E-state index < -0.39 is 0 Å². The molecule has 7 nitrogen and oxygen atoms in total. The molecule has 0 heterocycles. The van der Waals surface area contributed by atoms with Gasteiger partial charge in [-0.25, -0.2) is 4.79 Å². The molecule has 7 heteroatoms. The zero-order chi connectivity index (χ0) is 23.0. The Morgan fingerprint density at radius 1 is 0.690 bits per heavy atom. The summed E-state index contributed by atoms with van der Waals surface area (Å²) in [5, 5.41) is 17.4. The Morgan fingerprint density at radius 3 is 1.28 bits per heavy atom. The first-order valence-electron chi connectivity index (χ1n) is 8.94. The van der Waals surface area contributed by atoms with Gasteiger partial charge in [-0.1, -0.05) is 30.3 Å². The summed E-state index contributed by atoms with van der Waals surface area (Å²) in [7, 11) is 10.3. The predicted octanol–water partition coefficient (Wildman–Crippen LogP) is 3.42. The van der Waals surface area contributed by atoms with E-state index in [1.807, 2.05) is 25.1 Å². The van der Waals surface area contributed by atoms with Crippen LogP contribution in [0.5, 0.6) is 11.5 Å². The van der Waals surface area contributed by atoms with Crippen LogP contribution in [0.1, 0.15) is 12.5 Å². The smallest absolute Gasteiger partial charge is 0.318 e. The Labute approximate surface area is 174 Å². The average Bonchev–Trinajstić information content (AvgIpc) is 2.62. The monoisotopic (exact) mass is 405 g/mol. The molecule has 2 N–H and O–H groups in total. The zero-order valence-corrected chi connectivity index (χ0v) is 18.7. The second-order valence-electron chi connectivity index (χ2n) is 6.66. The van der Waals surface area contributed by atoms with Crippen molar-refractivity contribution in [3.05, 3.63) is 60.2 Å². The van der Waals surface area contributed by atoms with Crippen molar-refractivity contribution in [2.45, 2.75) is 13.8 Å². The minimum Gasteiger partial charge on any atom is -0.508 e. The number of phenolic OH excluding ortho intramolecular Hbond substituents is 2. The van der Waals surface area contributed by atoms with E-state index in [0.29, 0.717) is 11.5 Å². The maximum atomic E-state index is 10.7. The molecule has 2 aromatic carbocycles. The number of urea groups is 1. The number of carbonyl (C=O) groups excluding carboxylic acids is 2. The lowest BCUT2D eigenvalue weighted by molar-refractivity contribution is -0.126. The van der Waals surface area contributed by atoms with Crippen LogP contribution in [0.2, 0.25) is 0 Å². The van der Waals surface area contributed by atoms with Crippen LogP contribution in [-0.4, -0.2) is 79.1 Å². The van der Waals surface area contributed by atoms with E-state index in [1.165, 1.54) is 21.6 Å². The Morgan fingerprint density at radius 2 is 1.10 bits per heavy atom. The summed E-state index contributed by atoms with van der Waals surface area (Å²) in [6, 6.07) is 15.9. The van der Waals surface area contributed by atoms with E-state index in [1.54, 1.807) is 78.7 Å². The van der Waals surface area contributed by atoms with Crippen molar-refractivity contribution in [1.82, 2.24) is 14.7 Å². The highest BCUT2D eigenvalue weighted by atomic mass is 16.3. The van der Waals surface area contributed by atoms with E-state index in [0.717, 1.165) is 5.56 Å². The van der Waals surface area contributed by atoms with Gasteiger partial charge in [-0.3, -0.25) is 4.79 Å². The fourth-order valence-electron chi connectivity index (χ4n) is 1.46. The van der Waals surface area contributed by atoms with Gasteiger partial charge in [-0.15, -0.1) is 0 Å². The van der Waals surface area contributed by atoms with Gasteiger partial charge in [-0.05, 0) is 36.8 Å². The average molecular weight is 406 g/mol. The second kappa shape index (κ2) is 15.8. The molecule has 0 unspecified atom stereocenters. The number of hydrogen-bond acceptors (Lipinski definition) is 4. The predicted molar refractivity (Wildman–Crippen MR) is 118 cm³/mol. The highest BCUT2D eigenvalue weighted by Crippen LogP contribution is 2.08. The third-order valence-electron chi connectivity index (χ3n) is 3.15. The summed E-state index contributed by atoms with van der Waals surface area (Å²) in [4.78, 5) is 25.3. The third-order valence-corrected chi connectivity index (χ3v) is 3.15. The second-order valence-corrected chi connectivity index (χ2v) is 6.66. The highest BCUT2D eigenvalue weighted by Gasteiger charge is 2.02. The van der Waals surface area contributed by atoms with Gasteiger partial charge >= 0.3 is 6.03 Å². The van der Waals surface area contributed by atoms with Gasteiger partial charge in [-0.2, -0.15) is 0 Å². The number of para-hydroxylation sites is 1. The maximum Gasteiger partial charge on any atom is 0.318 e. The molecule has 0 aliphatic rings. The van der Waals surface area contributed by atoms with Crippen LogP contribution in [0.25, 0.3) is 0 Å².